The van der Waals surface area contributed by atoms with Gasteiger partial charge in [-0.15, -0.1) is 0 Å². The number of Topliss-reactive ketones (excluding diaryl/α,β-unsaturated/α-hetero) is 1. The van der Waals surface area contributed by atoms with E-state index in [0.717, 1.165) is 44.9 Å². The minimum atomic E-state index is -0.932. The smallest absolute Gasteiger partial charge is 0.347 e. The van der Waals surface area contributed by atoms with Gasteiger partial charge in [-0.2, -0.15) is 0 Å². The second-order valence-electron chi connectivity index (χ2n) is 15.6. The number of hydrogen-bond acceptors (Lipinski definition) is 13. The number of unbranched alkanes of at least 4 members (excludes halogenated alkanes) is 10. The van der Waals surface area contributed by atoms with E-state index >= 15 is 0 Å². The Morgan fingerprint density at radius 2 is 0.951 bits per heavy atom. The fourth-order valence-electron chi connectivity index (χ4n) is 6.52. The van der Waals surface area contributed by atoms with Crippen LogP contribution in [0.5, 0.6) is 28.7 Å². The maximum Gasteiger partial charge on any atom is 0.347 e. The first-order chi connectivity index (χ1) is 29.3. The standard InChI is InChI=1S/C48H63N3O10/c1-7-9-11-13-15-17-25-58-47(56)31(3)27-35-19-22-38(41(53)28-35)44-49-45(39-23-20-36(29-42(39)54)60-33(5)32(4)52)51-46(50-44)40-24-21-37(30-43(40)55)61-34(6)48(57)59-26-18-16-14-12-10-8-2/h19-24,28-31,33-34,53-55H,7-18,25-27H2,1-6H3. The molecule has 0 spiro atoms. The van der Waals surface area contributed by atoms with Crippen molar-refractivity contribution in [2.75, 3.05) is 13.2 Å². The Morgan fingerprint density at radius 1 is 0.541 bits per heavy atom. The van der Waals surface area contributed by atoms with Gasteiger partial charge in [-0.1, -0.05) is 91.0 Å². The molecule has 1 aromatic heterocycles. The van der Waals surface area contributed by atoms with E-state index in [1.165, 1.54) is 63.3 Å². The molecule has 13 nitrogen and oxygen atoms in total. The SMILES string of the molecule is CCCCCCCCOC(=O)C(C)Cc1ccc(-c2nc(-c3ccc(OC(C)C(C)=O)cc3O)nc(-c3ccc(OC(C)C(=O)OCCCCCCCC)cc3O)n2)c(O)c1. The molecule has 0 aliphatic rings. The number of phenolic OH excluding ortho intramolecular Hbond substituents is 3. The third-order valence-corrected chi connectivity index (χ3v) is 10.3. The van der Waals surface area contributed by atoms with Gasteiger partial charge >= 0.3 is 11.9 Å². The molecule has 13 heteroatoms. The van der Waals surface area contributed by atoms with Crippen molar-refractivity contribution < 1.29 is 48.7 Å². The van der Waals surface area contributed by atoms with Gasteiger partial charge in [0.15, 0.2) is 35.5 Å². The largest absolute Gasteiger partial charge is 0.507 e. The second-order valence-corrected chi connectivity index (χ2v) is 15.6. The van der Waals surface area contributed by atoms with Crippen molar-refractivity contribution in [3.05, 3.63) is 60.2 Å². The Kier molecular flexibility index (Phi) is 19.3. The van der Waals surface area contributed by atoms with Gasteiger partial charge in [0, 0.05) is 12.1 Å². The maximum atomic E-state index is 12.7. The van der Waals surface area contributed by atoms with E-state index in [0.29, 0.717) is 25.2 Å². The van der Waals surface area contributed by atoms with Crippen LogP contribution in [0.15, 0.2) is 54.6 Å². The monoisotopic (exact) mass is 841 g/mol. The average molecular weight is 842 g/mol. The number of aromatic nitrogens is 3. The zero-order valence-electron chi connectivity index (χ0n) is 36.6. The van der Waals surface area contributed by atoms with Crippen LogP contribution in [-0.4, -0.2) is 73.4 Å². The fraction of sp³-hybridized carbons (Fsp3) is 0.500. The number of rotatable bonds is 26. The summed E-state index contributed by atoms with van der Waals surface area (Å²) in [5.41, 5.74) is 1.29. The third kappa shape index (κ3) is 15.1. The number of esters is 2. The van der Waals surface area contributed by atoms with Crippen LogP contribution < -0.4 is 9.47 Å². The van der Waals surface area contributed by atoms with Gasteiger partial charge in [-0.3, -0.25) is 9.59 Å². The number of ether oxygens (including phenoxy) is 4. The van der Waals surface area contributed by atoms with E-state index < -0.39 is 24.1 Å². The molecular weight excluding hydrogens is 779 g/mol. The highest BCUT2D eigenvalue weighted by Gasteiger charge is 2.22. The van der Waals surface area contributed by atoms with Crippen LogP contribution in [0.3, 0.4) is 0 Å². The van der Waals surface area contributed by atoms with Crippen LogP contribution >= 0.6 is 0 Å². The van der Waals surface area contributed by atoms with Gasteiger partial charge in [-0.25, -0.2) is 19.7 Å². The molecule has 330 valence electrons. The number of hydrogen-bond donors (Lipinski definition) is 3. The van der Waals surface area contributed by atoms with Crippen molar-refractivity contribution in [2.24, 2.45) is 5.92 Å². The van der Waals surface area contributed by atoms with Crippen molar-refractivity contribution >= 4 is 17.7 Å². The summed E-state index contributed by atoms with van der Waals surface area (Å²) in [5.74, 6) is -1.62. The van der Waals surface area contributed by atoms with Crippen LogP contribution in [0, 0.1) is 5.92 Å². The van der Waals surface area contributed by atoms with Gasteiger partial charge in [0.05, 0.1) is 35.8 Å². The average Bonchev–Trinajstić information content (AvgIpc) is 3.22. The Hall–Kier alpha value is -5.72. The van der Waals surface area contributed by atoms with E-state index in [2.05, 4.69) is 28.8 Å². The topological polar surface area (TPSA) is 187 Å². The molecular formula is C48H63N3O10. The molecule has 0 bridgehead atoms. The van der Waals surface area contributed by atoms with Crippen LogP contribution in [0.4, 0.5) is 0 Å². The molecule has 0 fully saturated rings. The Balaban J connectivity index is 1.57. The normalized spacial score (nSPS) is 12.6. The lowest BCUT2D eigenvalue weighted by molar-refractivity contribution is -0.151. The predicted molar refractivity (Wildman–Crippen MR) is 234 cm³/mol. The van der Waals surface area contributed by atoms with E-state index in [1.807, 2.05) is 0 Å². The summed E-state index contributed by atoms with van der Waals surface area (Å²) in [4.78, 5) is 51.0. The zero-order chi connectivity index (χ0) is 44.3. The van der Waals surface area contributed by atoms with E-state index in [1.54, 1.807) is 51.1 Å². The van der Waals surface area contributed by atoms with Gasteiger partial charge < -0.3 is 34.3 Å². The second kappa shape index (κ2) is 24.5. The molecule has 61 heavy (non-hydrogen) atoms. The van der Waals surface area contributed by atoms with Crippen LogP contribution in [0.1, 0.15) is 124 Å². The molecule has 0 saturated heterocycles. The number of ketones is 1. The first-order valence-electron chi connectivity index (χ1n) is 21.7. The maximum absolute atomic E-state index is 12.7. The van der Waals surface area contributed by atoms with Crippen molar-refractivity contribution in [3.8, 4) is 62.9 Å². The van der Waals surface area contributed by atoms with Crippen molar-refractivity contribution in [3.63, 3.8) is 0 Å². The highest BCUT2D eigenvalue weighted by Crippen LogP contribution is 2.37. The summed E-state index contributed by atoms with van der Waals surface area (Å²) in [6, 6.07) is 13.8. The minimum absolute atomic E-state index is 0.00517. The van der Waals surface area contributed by atoms with Crippen LogP contribution in [-0.2, 0) is 30.3 Å². The van der Waals surface area contributed by atoms with Crippen molar-refractivity contribution in [1.82, 2.24) is 15.0 Å². The summed E-state index contributed by atoms with van der Waals surface area (Å²) in [6.07, 6.45) is 11.6. The highest BCUT2D eigenvalue weighted by atomic mass is 16.6. The number of benzene rings is 3. The lowest BCUT2D eigenvalue weighted by Gasteiger charge is -2.16. The first-order valence-corrected chi connectivity index (χ1v) is 21.7. The number of phenols is 3. The Bertz CT molecular complexity index is 1950. The molecule has 0 radical (unpaired) electrons. The number of carbonyl (C=O) groups excluding carboxylic acids is 3. The first kappa shape index (κ1) is 48.0. The summed E-state index contributed by atoms with van der Waals surface area (Å²) in [5, 5.41) is 33.7. The van der Waals surface area contributed by atoms with Crippen LogP contribution in [0.2, 0.25) is 0 Å². The molecule has 4 rings (SSSR count). The highest BCUT2D eigenvalue weighted by molar-refractivity contribution is 5.80. The number of nitrogens with zero attached hydrogens (tertiary/aromatic N) is 3. The molecule has 1 heterocycles. The van der Waals surface area contributed by atoms with Gasteiger partial charge in [0.2, 0.25) is 0 Å². The lowest BCUT2D eigenvalue weighted by atomic mass is 9.99. The van der Waals surface area contributed by atoms with Gasteiger partial charge in [0.1, 0.15) is 28.7 Å². The Morgan fingerprint density at radius 3 is 1.39 bits per heavy atom. The van der Waals surface area contributed by atoms with Crippen LogP contribution in [0.25, 0.3) is 34.2 Å². The fourth-order valence-corrected chi connectivity index (χ4v) is 6.52. The molecule has 0 saturated carbocycles. The van der Waals surface area contributed by atoms with Gasteiger partial charge in [-0.05, 0) is 82.0 Å². The number of carbonyl (C=O) groups is 3. The molecule has 4 aromatic rings. The molecule has 0 aliphatic heterocycles. The van der Waals surface area contributed by atoms with Crippen molar-refractivity contribution in [2.45, 2.75) is 137 Å². The predicted octanol–water partition coefficient (Wildman–Crippen LogP) is 10.1. The number of aromatic hydroxyl groups is 3. The van der Waals surface area contributed by atoms with E-state index in [4.69, 9.17) is 18.9 Å². The summed E-state index contributed by atoms with van der Waals surface area (Å²) in [7, 11) is 0. The molecule has 0 amide bonds. The molecule has 3 atom stereocenters. The minimum Gasteiger partial charge on any atom is -0.507 e. The third-order valence-electron chi connectivity index (χ3n) is 10.3. The molecule has 3 aromatic carbocycles. The molecule has 3 unspecified atom stereocenters. The zero-order valence-corrected chi connectivity index (χ0v) is 36.6. The Labute approximate surface area is 359 Å². The van der Waals surface area contributed by atoms with Gasteiger partial charge in [0.25, 0.3) is 0 Å². The summed E-state index contributed by atoms with van der Waals surface area (Å²) < 4.78 is 22.4. The quantitative estimate of drug-likeness (QED) is 0.0401. The van der Waals surface area contributed by atoms with E-state index in [-0.39, 0.29) is 74.7 Å². The molecule has 0 aliphatic carbocycles. The summed E-state index contributed by atoms with van der Waals surface area (Å²) >= 11 is 0. The lowest BCUT2D eigenvalue weighted by Crippen LogP contribution is -2.26. The summed E-state index contributed by atoms with van der Waals surface area (Å²) in [6.45, 7) is 11.4. The van der Waals surface area contributed by atoms with Crippen molar-refractivity contribution in [1.29, 1.82) is 0 Å². The van der Waals surface area contributed by atoms with E-state index in [9.17, 15) is 29.7 Å². The molecule has 3 N–H and O–H groups in total.